The molecule has 0 fully saturated rings. The number of hydroxylamine groups is 2. The van der Waals surface area contributed by atoms with Gasteiger partial charge in [-0.2, -0.15) is 5.06 Å². The summed E-state index contributed by atoms with van der Waals surface area (Å²) in [6, 6.07) is 0. The van der Waals surface area contributed by atoms with Gasteiger partial charge in [0.25, 0.3) is 0 Å². The number of alkyl halides is 1. The van der Waals surface area contributed by atoms with Crippen molar-refractivity contribution in [3.05, 3.63) is 0 Å². The zero-order valence-electron chi connectivity index (χ0n) is 8.46. The molecule has 5 heteroatoms. The summed E-state index contributed by atoms with van der Waals surface area (Å²) in [5.41, 5.74) is -0.473. The maximum Gasteiger partial charge on any atom is 0.434 e. The molecule has 0 aliphatic heterocycles. The lowest BCUT2D eigenvalue weighted by Gasteiger charge is -2.24. The van der Waals surface area contributed by atoms with Crippen molar-refractivity contribution in [3.8, 4) is 0 Å². The molecule has 0 unspecified atom stereocenters. The Balaban J connectivity index is 4.06. The first-order chi connectivity index (χ1) is 5.90. The Morgan fingerprint density at radius 2 is 2.00 bits per heavy atom. The van der Waals surface area contributed by atoms with Crippen molar-refractivity contribution in [2.45, 2.75) is 26.4 Å². The van der Waals surface area contributed by atoms with E-state index in [0.29, 0.717) is 6.54 Å². The van der Waals surface area contributed by atoms with Gasteiger partial charge in [0.15, 0.2) is 0 Å². The normalized spacial score (nSPS) is 11.2. The molecule has 0 spiro atoms. The average molecular weight is 301 g/mol. The Labute approximate surface area is 92.7 Å². The average Bonchev–Trinajstić information content (AvgIpc) is 1.96. The van der Waals surface area contributed by atoms with Gasteiger partial charge < -0.3 is 4.74 Å². The number of rotatable bonds is 3. The molecule has 13 heavy (non-hydrogen) atoms. The molecular weight excluding hydrogens is 285 g/mol. The SMILES string of the molecule is CON(CCI)C(=O)OC(C)(C)C. The van der Waals surface area contributed by atoms with E-state index in [0.717, 1.165) is 4.43 Å². The van der Waals surface area contributed by atoms with Crippen LogP contribution in [0.4, 0.5) is 4.79 Å². The van der Waals surface area contributed by atoms with E-state index in [2.05, 4.69) is 22.6 Å². The van der Waals surface area contributed by atoms with Crippen LogP contribution >= 0.6 is 22.6 Å². The van der Waals surface area contributed by atoms with Gasteiger partial charge >= 0.3 is 6.09 Å². The quantitative estimate of drug-likeness (QED) is 0.456. The highest BCUT2D eigenvalue weighted by molar-refractivity contribution is 14.1. The number of amides is 1. The number of hydrogen-bond acceptors (Lipinski definition) is 3. The third-order valence-corrected chi connectivity index (χ3v) is 1.59. The summed E-state index contributed by atoms with van der Waals surface area (Å²) < 4.78 is 5.91. The predicted molar refractivity (Wildman–Crippen MR) is 58.8 cm³/mol. The minimum absolute atomic E-state index is 0.438. The standard InChI is InChI=1S/C8H16INO3/c1-8(2,3)13-7(11)10(12-4)6-5-9/h5-6H2,1-4H3. The maximum absolute atomic E-state index is 11.4. The third-order valence-electron chi connectivity index (χ3n) is 1.11. The molecule has 0 radical (unpaired) electrons. The van der Waals surface area contributed by atoms with Crippen LogP contribution in [0.15, 0.2) is 0 Å². The van der Waals surface area contributed by atoms with E-state index in [1.165, 1.54) is 12.2 Å². The predicted octanol–water partition coefficient (Wildman–Crippen LogP) is 2.22. The van der Waals surface area contributed by atoms with Crippen molar-refractivity contribution >= 4 is 28.7 Å². The van der Waals surface area contributed by atoms with E-state index < -0.39 is 11.7 Å². The Morgan fingerprint density at radius 3 is 2.31 bits per heavy atom. The van der Waals surface area contributed by atoms with Crippen molar-refractivity contribution < 1.29 is 14.4 Å². The molecule has 0 rings (SSSR count). The van der Waals surface area contributed by atoms with Crippen LogP contribution in [0.25, 0.3) is 0 Å². The van der Waals surface area contributed by atoms with Crippen LogP contribution in [0.3, 0.4) is 0 Å². The molecule has 0 aromatic rings. The Morgan fingerprint density at radius 1 is 1.46 bits per heavy atom. The van der Waals surface area contributed by atoms with E-state index in [1.807, 2.05) is 20.8 Å². The lowest BCUT2D eigenvalue weighted by atomic mass is 10.2. The minimum atomic E-state index is -0.473. The fourth-order valence-corrected chi connectivity index (χ4v) is 1.08. The number of carbonyl (C=O) groups excluding carboxylic acids is 1. The largest absolute Gasteiger partial charge is 0.442 e. The van der Waals surface area contributed by atoms with E-state index in [1.54, 1.807) is 0 Å². The number of halogens is 1. The van der Waals surface area contributed by atoms with Crippen molar-refractivity contribution in [3.63, 3.8) is 0 Å². The van der Waals surface area contributed by atoms with Crippen LogP contribution in [0.1, 0.15) is 20.8 Å². The summed E-state index contributed by atoms with van der Waals surface area (Å²) in [7, 11) is 1.45. The summed E-state index contributed by atoms with van der Waals surface area (Å²) in [6.45, 7) is 6.00. The first-order valence-corrected chi connectivity index (χ1v) is 5.54. The maximum atomic E-state index is 11.4. The van der Waals surface area contributed by atoms with Crippen molar-refractivity contribution in [2.24, 2.45) is 0 Å². The second-order valence-electron chi connectivity index (χ2n) is 3.45. The van der Waals surface area contributed by atoms with Crippen molar-refractivity contribution in [2.75, 3.05) is 18.1 Å². The van der Waals surface area contributed by atoms with Crippen LogP contribution in [0, 0.1) is 0 Å². The van der Waals surface area contributed by atoms with Crippen molar-refractivity contribution in [1.29, 1.82) is 0 Å². The fourth-order valence-electron chi connectivity index (χ4n) is 0.647. The number of carbonyl (C=O) groups is 1. The third kappa shape index (κ3) is 6.09. The molecule has 1 amide bonds. The Bertz CT molecular complexity index is 167. The van der Waals surface area contributed by atoms with Crippen LogP contribution in [0.5, 0.6) is 0 Å². The molecule has 0 atom stereocenters. The molecule has 78 valence electrons. The highest BCUT2D eigenvalue weighted by atomic mass is 127. The highest BCUT2D eigenvalue weighted by Crippen LogP contribution is 2.09. The Hall–Kier alpha value is -0.0400. The monoisotopic (exact) mass is 301 g/mol. The van der Waals surface area contributed by atoms with Crippen molar-refractivity contribution in [1.82, 2.24) is 5.06 Å². The summed E-state index contributed by atoms with van der Waals surface area (Å²) >= 11 is 2.17. The minimum Gasteiger partial charge on any atom is -0.442 e. The zero-order chi connectivity index (χ0) is 10.5. The molecule has 0 saturated carbocycles. The summed E-state index contributed by atoms with van der Waals surface area (Å²) in [5.74, 6) is 0. The van der Waals surface area contributed by atoms with Gasteiger partial charge in [0.1, 0.15) is 5.60 Å². The summed E-state index contributed by atoms with van der Waals surface area (Å²) in [6.07, 6.45) is -0.438. The van der Waals surface area contributed by atoms with E-state index in [-0.39, 0.29) is 0 Å². The van der Waals surface area contributed by atoms with Gasteiger partial charge in [-0.15, -0.1) is 0 Å². The fraction of sp³-hybridized carbons (Fsp3) is 0.875. The van der Waals surface area contributed by atoms with Crippen LogP contribution in [-0.4, -0.2) is 34.8 Å². The first kappa shape index (κ1) is 13.0. The lowest BCUT2D eigenvalue weighted by Crippen LogP contribution is -2.37. The van der Waals surface area contributed by atoms with Crippen LogP contribution < -0.4 is 0 Å². The van der Waals surface area contributed by atoms with Gasteiger partial charge in [-0.1, -0.05) is 22.6 Å². The first-order valence-electron chi connectivity index (χ1n) is 4.01. The van der Waals surface area contributed by atoms with E-state index in [9.17, 15) is 4.79 Å². The van der Waals surface area contributed by atoms with E-state index >= 15 is 0 Å². The van der Waals surface area contributed by atoms with Crippen LogP contribution in [-0.2, 0) is 9.57 Å². The molecule has 0 N–H and O–H groups in total. The second-order valence-corrected chi connectivity index (χ2v) is 4.53. The number of ether oxygens (including phenoxy) is 1. The van der Waals surface area contributed by atoms with Gasteiger partial charge in [-0.3, -0.25) is 4.84 Å². The molecule has 0 saturated heterocycles. The molecule has 0 aromatic heterocycles. The second kappa shape index (κ2) is 5.64. The molecule has 0 bridgehead atoms. The highest BCUT2D eigenvalue weighted by Gasteiger charge is 2.21. The van der Waals surface area contributed by atoms with Crippen LogP contribution in [0.2, 0.25) is 0 Å². The number of hydrogen-bond donors (Lipinski definition) is 0. The number of nitrogens with zero attached hydrogens (tertiary/aromatic N) is 1. The Kier molecular flexibility index (Phi) is 5.62. The van der Waals surface area contributed by atoms with Gasteiger partial charge in [-0.25, -0.2) is 4.79 Å². The molecule has 0 heterocycles. The van der Waals surface area contributed by atoms with Gasteiger partial charge in [0.2, 0.25) is 0 Å². The molecule has 4 nitrogen and oxygen atoms in total. The molecular formula is C8H16INO3. The summed E-state index contributed by atoms with van der Waals surface area (Å²) in [4.78, 5) is 16.2. The topological polar surface area (TPSA) is 38.8 Å². The molecule has 0 aliphatic carbocycles. The smallest absolute Gasteiger partial charge is 0.434 e. The van der Waals surface area contributed by atoms with Gasteiger partial charge in [-0.05, 0) is 20.8 Å². The summed E-state index contributed by atoms with van der Waals surface area (Å²) in [5, 5.41) is 1.21. The lowest BCUT2D eigenvalue weighted by molar-refractivity contribution is -0.119. The zero-order valence-corrected chi connectivity index (χ0v) is 10.6. The molecule has 0 aromatic carbocycles. The van der Waals surface area contributed by atoms with Gasteiger partial charge in [0, 0.05) is 4.43 Å². The molecule has 0 aliphatic rings. The van der Waals surface area contributed by atoms with E-state index in [4.69, 9.17) is 9.57 Å². The van der Waals surface area contributed by atoms with Gasteiger partial charge in [0.05, 0.1) is 13.7 Å².